The van der Waals surface area contributed by atoms with Crippen LogP contribution in [0.25, 0.3) is 0 Å². The molecular formula is C17H19FN2O4. The number of carbonyl (C=O) groups excluding carboxylic acids is 4. The highest BCUT2D eigenvalue weighted by molar-refractivity contribution is 6.23. The van der Waals surface area contributed by atoms with Crippen molar-refractivity contribution in [1.82, 2.24) is 10.2 Å². The number of aldehydes is 1. The minimum absolute atomic E-state index is 0.0220. The zero-order chi connectivity index (χ0) is 18.0. The van der Waals surface area contributed by atoms with Crippen LogP contribution in [-0.4, -0.2) is 42.0 Å². The number of rotatable bonds is 6. The maximum absolute atomic E-state index is 14.1. The van der Waals surface area contributed by atoms with Gasteiger partial charge < -0.3 is 10.1 Å². The quantitative estimate of drug-likeness (QED) is 0.633. The summed E-state index contributed by atoms with van der Waals surface area (Å²) < 4.78 is 14.1. The molecule has 1 atom stereocenters. The summed E-state index contributed by atoms with van der Waals surface area (Å²) in [4.78, 5) is 48.6. The fourth-order valence-electron chi connectivity index (χ4n) is 2.79. The molecular weight excluding hydrogens is 315 g/mol. The van der Waals surface area contributed by atoms with E-state index >= 15 is 0 Å². The number of likely N-dealkylation sites (N-methyl/N-ethyl adjacent to an activating group) is 1. The molecule has 6 nitrogen and oxygen atoms in total. The Balaban J connectivity index is 2.47. The minimum Gasteiger partial charge on any atom is -0.357 e. The van der Waals surface area contributed by atoms with Crippen molar-refractivity contribution in [1.29, 1.82) is 0 Å². The molecule has 0 aromatic heterocycles. The Morgan fingerprint density at radius 1 is 1.25 bits per heavy atom. The molecule has 1 aromatic rings. The van der Waals surface area contributed by atoms with E-state index in [2.05, 4.69) is 5.32 Å². The molecule has 0 aliphatic carbocycles. The van der Waals surface area contributed by atoms with Crippen molar-refractivity contribution in [3.63, 3.8) is 0 Å². The van der Waals surface area contributed by atoms with E-state index in [9.17, 15) is 23.6 Å². The van der Waals surface area contributed by atoms with Crippen molar-refractivity contribution in [3.05, 3.63) is 34.6 Å². The van der Waals surface area contributed by atoms with Gasteiger partial charge in [0.15, 0.2) is 0 Å². The molecule has 1 aliphatic heterocycles. The highest BCUT2D eigenvalue weighted by Crippen LogP contribution is 2.31. The first-order chi connectivity index (χ1) is 11.3. The normalized spacial score (nSPS) is 14.8. The lowest BCUT2D eigenvalue weighted by Crippen LogP contribution is -2.48. The van der Waals surface area contributed by atoms with Gasteiger partial charge in [0.1, 0.15) is 18.1 Å². The molecule has 1 aromatic carbocycles. The van der Waals surface area contributed by atoms with E-state index in [4.69, 9.17) is 0 Å². The van der Waals surface area contributed by atoms with Crippen LogP contribution in [-0.2, 0) is 9.59 Å². The lowest BCUT2D eigenvalue weighted by Gasteiger charge is -2.24. The summed E-state index contributed by atoms with van der Waals surface area (Å²) in [7, 11) is 1.38. The van der Waals surface area contributed by atoms with E-state index in [0.717, 1.165) is 11.0 Å². The fourth-order valence-corrected chi connectivity index (χ4v) is 2.79. The Hall–Kier alpha value is -2.57. The monoisotopic (exact) mass is 334 g/mol. The van der Waals surface area contributed by atoms with Crippen molar-refractivity contribution < 1.29 is 23.6 Å². The largest absolute Gasteiger partial charge is 0.357 e. The fraction of sp³-hybridized carbons (Fsp3) is 0.412. The van der Waals surface area contributed by atoms with Crippen LogP contribution in [0.15, 0.2) is 12.1 Å². The Morgan fingerprint density at radius 2 is 1.83 bits per heavy atom. The van der Waals surface area contributed by atoms with Gasteiger partial charge in [0.2, 0.25) is 5.91 Å². The van der Waals surface area contributed by atoms with Gasteiger partial charge in [-0.25, -0.2) is 4.39 Å². The van der Waals surface area contributed by atoms with E-state index in [1.54, 1.807) is 13.8 Å². The molecule has 0 bridgehead atoms. The molecule has 0 saturated heterocycles. The van der Waals surface area contributed by atoms with Gasteiger partial charge in [-0.3, -0.25) is 19.3 Å². The standard InChI is InChI=1S/C17H19FN2O4/c1-9(2)10-7-11-12(8-13(10)18)17(24)20(16(11)23)14(5-4-6-21)15(22)19-3/h6-9,14H,4-5H2,1-3H3,(H,19,22). The first-order valence-corrected chi connectivity index (χ1v) is 7.70. The molecule has 2 rings (SSSR count). The number of carbonyl (C=O) groups is 4. The lowest BCUT2D eigenvalue weighted by atomic mass is 9.97. The van der Waals surface area contributed by atoms with E-state index in [1.165, 1.54) is 13.1 Å². The van der Waals surface area contributed by atoms with E-state index < -0.39 is 29.6 Å². The SMILES string of the molecule is CNC(=O)C(CCC=O)N1C(=O)c2cc(F)c(C(C)C)cc2C1=O. The number of hydrogen-bond donors (Lipinski definition) is 1. The third kappa shape index (κ3) is 2.93. The maximum Gasteiger partial charge on any atom is 0.262 e. The van der Waals surface area contributed by atoms with Crippen LogP contribution in [0.3, 0.4) is 0 Å². The predicted molar refractivity (Wildman–Crippen MR) is 84.1 cm³/mol. The highest BCUT2D eigenvalue weighted by Gasteiger charge is 2.43. The number of imide groups is 1. The van der Waals surface area contributed by atoms with E-state index in [0.29, 0.717) is 11.8 Å². The van der Waals surface area contributed by atoms with Gasteiger partial charge >= 0.3 is 0 Å². The number of amides is 3. The second kappa shape index (κ2) is 6.90. The van der Waals surface area contributed by atoms with Crippen molar-refractivity contribution in [2.75, 3.05) is 7.05 Å². The van der Waals surface area contributed by atoms with Gasteiger partial charge in [0.25, 0.3) is 11.8 Å². The van der Waals surface area contributed by atoms with Crippen LogP contribution in [0.1, 0.15) is 58.9 Å². The first kappa shape index (κ1) is 17.8. The Labute approximate surface area is 139 Å². The molecule has 0 saturated carbocycles. The third-order valence-corrected chi connectivity index (χ3v) is 4.08. The number of hydrogen-bond acceptors (Lipinski definition) is 4. The molecule has 1 N–H and O–H groups in total. The van der Waals surface area contributed by atoms with Crippen molar-refractivity contribution >= 4 is 24.0 Å². The Kier molecular flexibility index (Phi) is 5.11. The molecule has 1 unspecified atom stereocenters. The van der Waals surface area contributed by atoms with Gasteiger partial charge in [-0.05, 0) is 30.0 Å². The average molecular weight is 334 g/mol. The summed E-state index contributed by atoms with van der Waals surface area (Å²) in [5.74, 6) is -2.62. The summed E-state index contributed by atoms with van der Waals surface area (Å²) >= 11 is 0. The van der Waals surface area contributed by atoms with Crippen LogP contribution in [0.2, 0.25) is 0 Å². The molecule has 128 valence electrons. The Morgan fingerprint density at radius 3 is 2.33 bits per heavy atom. The number of nitrogens with one attached hydrogen (secondary N) is 1. The predicted octanol–water partition coefficient (Wildman–Crippen LogP) is 1.64. The first-order valence-electron chi connectivity index (χ1n) is 7.70. The summed E-state index contributed by atoms with van der Waals surface area (Å²) in [6.07, 6.45) is 0.663. The van der Waals surface area contributed by atoms with Gasteiger partial charge in [-0.15, -0.1) is 0 Å². The molecule has 1 heterocycles. The summed E-state index contributed by atoms with van der Waals surface area (Å²) in [5.41, 5.74) is 0.369. The van der Waals surface area contributed by atoms with Gasteiger partial charge in [-0.2, -0.15) is 0 Å². The second-order valence-electron chi connectivity index (χ2n) is 5.93. The smallest absolute Gasteiger partial charge is 0.262 e. The third-order valence-electron chi connectivity index (χ3n) is 4.08. The van der Waals surface area contributed by atoms with E-state index in [-0.39, 0.29) is 29.9 Å². The summed E-state index contributed by atoms with van der Waals surface area (Å²) in [6.45, 7) is 3.56. The van der Waals surface area contributed by atoms with Crippen molar-refractivity contribution in [3.8, 4) is 0 Å². The summed E-state index contributed by atoms with van der Waals surface area (Å²) in [6, 6.07) is 1.32. The molecule has 0 spiro atoms. The van der Waals surface area contributed by atoms with Crippen LogP contribution in [0, 0.1) is 5.82 Å². The van der Waals surface area contributed by atoms with Gasteiger partial charge in [0.05, 0.1) is 11.1 Å². The van der Waals surface area contributed by atoms with Crippen molar-refractivity contribution in [2.24, 2.45) is 0 Å². The zero-order valence-electron chi connectivity index (χ0n) is 13.8. The lowest BCUT2D eigenvalue weighted by molar-refractivity contribution is -0.124. The topological polar surface area (TPSA) is 83.6 Å². The average Bonchev–Trinajstić information content (AvgIpc) is 2.78. The molecule has 7 heteroatoms. The summed E-state index contributed by atoms with van der Waals surface area (Å²) in [5, 5.41) is 2.38. The molecule has 3 amide bonds. The van der Waals surface area contributed by atoms with Gasteiger partial charge in [0, 0.05) is 13.5 Å². The zero-order valence-corrected chi connectivity index (χ0v) is 13.8. The van der Waals surface area contributed by atoms with E-state index in [1.807, 2.05) is 0 Å². The Bertz CT molecular complexity index is 715. The molecule has 24 heavy (non-hydrogen) atoms. The van der Waals surface area contributed by atoms with Crippen LogP contribution < -0.4 is 5.32 Å². The van der Waals surface area contributed by atoms with Crippen LogP contribution in [0.5, 0.6) is 0 Å². The van der Waals surface area contributed by atoms with Gasteiger partial charge in [-0.1, -0.05) is 13.8 Å². The maximum atomic E-state index is 14.1. The van der Waals surface area contributed by atoms with Crippen LogP contribution in [0.4, 0.5) is 4.39 Å². The minimum atomic E-state index is -1.10. The highest BCUT2D eigenvalue weighted by atomic mass is 19.1. The molecule has 1 aliphatic rings. The number of halogens is 1. The molecule has 0 fully saturated rings. The number of benzene rings is 1. The second-order valence-corrected chi connectivity index (χ2v) is 5.93. The van der Waals surface area contributed by atoms with Crippen molar-refractivity contribution in [2.45, 2.75) is 38.6 Å². The number of nitrogens with zero attached hydrogens (tertiary/aromatic N) is 1. The van der Waals surface area contributed by atoms with Crippen LogP contribution >= 0.6 is 0 Å². The molecule has 0 radical (unpaired) electrons. The number of fused-ring (bicyclic) bond motifs is 1.